The minimum Gasteiger partial charge on any atom is -0.459 e. The van der Waals surface area contributed by atoms with E-state index in [0.717, 1.165) is 22.9 Å². The summed E-state index contributed by atoms with van der Waals surface area (Å²) in [6, 6.07) is 3.29. The summed E-state index contributed by atoms with van der Waals surface area (Å²) >= 11 is 3.84. The van der Waals surface area contributed by atoms with Crippen LogP contribution in [-0.4, -0.2) is 18.7 Å². The zero-order valence-corrected chi connectivity index (χ0v) is 10.9. The van der Waals surface area contributed by atoms with Gasteiger partial charge in [0, 0.05) is 4.90 Å². The van der Waals surface area contributed by atoms with Gasteiger partial charge in [-0.1, -0.05) is 10.8 Å². The highest BCUT2D eigenvalue weighted by atomic mass is 33.1. The Morgan fingerprint density at radius 3 is 2.72 bits per heavy atom. The summed E-state index contributed by atoms with van der Waals surface area (Å²) in [4.78, 5) is 11.3. The maximum Gasteiger partial charge on any atom is 0.502 e. The van der Waals surface area contributed by atoms with Crippen LogP contribution in [0.15, 0.2) is 23.1 Å². The molecule has 0 N–H and O–H groups in total. The first-order valence-corrected chi connectivity index (χ1v) is 6.62. The molecule has 8 heteroatoms. The summed E-state index contributed by atoms with van der Waals surface area (Å²) in [5.41, 5.74) is 0. The zero-order chi connectivity index (χ0) is 13.8. The summed E-state index contributed by atoms with van der Waals surface area (Å²) in [5, 5.41) is 0. The Morgan fingerprint density at radius 2 is 2.17 bits per heavy atom. The van der Waals surface area contributed by atoms with Crippen molar-refractivity contribution in [3.05, 3.63) is 24.0 Å². The van der Waals surface area contributed by atoms with Gasteiger partial charge in [-0.2, -0.15) is 8.78 Å². The smallest absolute Gasteiger partial charge is 0.459 e. The molecular formula is C10H9F3O3S2. The summed E-state index contributed by atoms with van der Waals surface area (Å²) in [6.07, 6.45) is -4.24. The van der Waals surface area contributed by atoms with E-state index in [-0.39, 0.29) is 6.61 Å². The molecule has 0 aliphatic carbocycles. The second-order valence-corrected chi connectivity index (χ2v) is 4.22. The third-order valence-electron chi connectivity index (χ3n) is 1.76. The first-order valence-electron chi connectivity index (χ1n) is 4.75. The van der Waals surface area contributed by atoms with Crippen molar-refractivity contribution in [1.82, 2.24) is 0 Å². The van der Waals surface area contributed by atoms with Gasteiger partial charge in [0.1, 0.15) is 0 Å². The molecule has 0 aliphatic heterocycles. The van der Waals surface area contributed by atoms with Crippen LogP contribution < -0.4 is 4.74 Å². The monoisotopic (exact) mass is 298 g/mol. The van der Waals surface area contributed by atoms with Crippen molar-refractivity contribution in [1.29, 1.82) is 0 Å². The molecular weight excluding hydrogens is 289 g/mol. The first kappa shape index (κ1) is 15.0. The number of alkyl halides is 2. The molecule has 0 unspecified atom stereocenters. The quantitative estimate of drug-likeness (QED) is 0.514. The lowest BCUT2D eigenvalue weighted by Gasteiger charge is -2.16. The van der Waals surface area contributed by atoms with Crippen LogP contribution in [0, 0.1) is 5.82 Å². The lowest BCUT2D eigenvalue weighted by molar-refractivity contribution is -0.217. The van der Waals surface area contributed by atoms with Crippen LogP contribution >= 0.6 is 22.5 Å². The third-order valence-corrected chi connectivity index (χ3v) is 2.86. The van der Waals surface area contributed by atoms with Crippen molar-refractivity contribution < 1.29 is 27.4 Å². The molecule has 0 bridgehead atoms. The summed E-state index contributed by atoms with van der Waals surface area (Å²) in [5.74, 6) is -3.62. The van der Waals surface area contributed by atoms with Gasteiger partial charge in [-0.15, -0.1) is 11.7 Å². The number of hydrogen-bond donors (Lipinski definition) is 1. The van der Waals surface area contributed by atoms with Gasteiger partial charge in [-0.05, 0) is 25.1 Å². The maximum atomic E-state index is 13.2. The molecule has 1 aromatic rings. The predicted octanol–water partition coefficient (Wildman–Crippen LogP) is 3.30. The number of hydrogen-bond acceptors (Lipinski definition) is 5. The van der Waals surface area contributed by atoms with E-state index in [1.54, 1.807) is 0 Å². The van der Waals surface area contributed by atoms with Crippen LogP contribution in [0.4, 0.5) is 13.2 Å². The van der Waals surface area contributed by atoms with Crippen LogP contribution in [0.5, 0.6) is 5.75 Å². The van der Waals surface area contributed by atoms with Crippen LogP contribution in [0.1, 0.15) is 6.92 Å². The molecule has 0 saturated carbocycles. The molecule has 3 nitrogen and oxygen atoms in total. The van der Waals surface area contributed by atoms with Gasteiger partial charge in [0.05, 0.1) is 6.61 Å². The van der Waals surface area contributed by atoms with E-state index < -0.39 is 23.6 Å². The van der Waals surface area contributed by atoms with Crippen LogP contribution in [0.2, 0.25) is 0 Å². The van der Waals surface area contributed by atoms with Gasteiger partial charge in [0.25, 0.3) is 0 Å². The third kappa shape index (κ3) is 3.74. The van der Waals surface area contributed by atoms with Crippen molar-refractivity contribution in [2.24, 2.45) is 0 Å². The Kier molecular flexibility index (Phi) is 5.21. The van der Waals surface area contributed by atoms with Gasteiger partial charge in [-0.25, -0.2) is 9.18 Å². The highest BCUT2D eigenvalue weighted by molar-refractivity contribution is 8.68. The predicted molar refractivity (Wildman–Crippen MR) is 63.5 cm³/mol. The molecule has 100 valence electrons. The molecule has 0 aromatic heterocycles. The Labute approximate surface area is 110 Å². The van der Waals surface area contributed by atoms with Crippen LogP contribution in [-0.2, 0) is 9.53 Å². The normalized spacial score (nSPS) is 11.2. The van der Waals surface area contributed by atoms with Crippen molar-refractivity contribution in [2.45, 2.75) is 17.9 Å². The lowest BCUT2D eigenvalue weighted by Crippen LogP contribution is -2.37. The lowest BCUT2D eigenvalue weighted by atomic mass is 10.3. The molecule has 1 rings (SSSR count). The Bertz CT molecular complexity index is 440. The molecule has 0 heterocycles. The Hall–Kier alpha value is -1.02. The zero-order valence-electron chi connectivity index (χ0n) is 9.15. The fourth-order valence-electron chi connectivity index (χ4n) is 1.01. The summed E-state index contributed by atoms with van der Waals surface area (Å²) < 4.78 is 47.9. The van der Waals surface area contributed by atoms with Gasteiger partial charge in [0.15, 0.2) is 11.6 Å². The van der Waals surface area contributed by atoms with E-state index in [9.17, 15) is 18.0 Å². The van der Waals surface area contributed by atoms with E-state index in [0.29, 0.717) is 4.90 Å². The summed E-state index contributed by atoms with van der Waals surface area (Å²) in [6.45, 7) is 1.14. The number of halogens is 3. The largest absolute Gasteiger partial charge is 0.502 e. The number of rotatable bonds is 5. The highest BCUT2D eigenvalue weighted by Crippen LogP contribution is 2.31. The molecule has 0 saturated heterocycles. The number of thiol groups is 1. The number of carbonyl (C=O) groups is 1. The molecule has 18 heavy (non-hydrogen) atoms. The van der Waals surface area contributed by atoms with Gasteiger partial charge in [-0.3, -0.25) is 0 Å². The number of carbonyl (C=O) groups excluding carboxylic acids is 1. The molecule has 0 spiro atoms. The molecule has 0 aliphatic rings. The average molecular weight is 298 g/mol. The van der Waals surface area contributed by atoms with E-state index >= 15 is 0 Å². The van der Waals surface area contributed by atoms with Crippen molar-refractivity contribution in [3.8, 4) is 5.75 Å². The summed E-state index contributed by atoms with van der Waals surface area (Å²) in [7, 11) is 0.923. The van der Waals surface area contributed by atoms with E-state index in [2.05, 4.69) is 21.1 Å². The molecule has 0 radical (unpaired) electrons. The maximum absolute atomic E-state index is 13.2. The second-order valence-electron chi connectivity index (χ2n) is 3.02. The molecule has 0 fully saturated rings. The van der Waals surface area contributed by atoms with Gasteiger partial charge >= 0.3 is 12.1 Å². The Morgan fingerprint density at radius 1 is 1.50 bits per heavy atom. The minimum atomic E-state index is -4.24. The van der Waals surface area contributed by atoms with E-state index in [1.165, 1.54) is 13.0 Å². The molecule has 0 amide bonds. The molecule has 1 aromatic carbocycles. The fraction of sp³-hybridized carbons (Fsp3) is 0.300. The SMILES string of the molecule is CCOC(=O)C(F)(F)Oc1cc(SS)ccc1F. The minimum absolute atomic E-state index is 0.229. The van der Waals surface area contributed by atoms with Crippen molar-refractivity contribution in [2.75, 3.05) is 6.61 Å². The average Bonchev–Trinajstić information content (AvgIpc) is 2.32. The van der Waals surface area contributed by atoms with Crippen molar-refractivity contribution >= 4 is 28.4 Å². The van der Waals surface area contributed by atoms with E-state index in [1.807, 2.05) is 0 Å². The molecule has 0 atom stereocenters. The van der Waals surface area contributed by atoms with Gasteiger partial charge < -0.3 is 9.47 Å². The standard InChI is InChI=1S/C10H9F3O3S2/c1-2-15-9(14)10(12,13)16-8-5-6(18-17)3-4-7(8)11/h3-5,17H,2H2,1H3. The topological polar surface area (TPSA) is 35.5 Å². The number of esters is 1. The number of ether oxygens (including phenoxy) is 2. The highest BCUT2D eigenvalue weighted by Gasteiger charge is 2.44. The van der Waals surface area contributed by atoms with Gasteiger partial charge in [0.2, 0.25) is 0 Å². The second kappa shape index (κ2) is 6.24. The Balaban J connectivity index is 2.92. The fourth-order valence-corrected chi connectivity index (χ4v) is 1.64. The first-order chi connectivity index (χ1) is 8.40. The van der Waals surface area contributed by atoms with E-state index in [4.69, 9.17) is 0 Å². The number of benzene rings is 1. The van der Waals surface area contributed by atoms with Crippen molar-refractivity contribution in [3.63, 3.8) is 0 Å². The van der Waals surface area contributed by atoms with Crippen LogP contribution in [0.3, 0.4) is 0 Å². The van der Waals surface area contributed by atoms with Crippen LogP contribution in [0.25, 0.3) is 0 Å².